The molecule has 0 aliphatic heterocycles. The molecule has 1 heterocycles. The van der Waals surface area contributed by atoms with Crippen molar-refractivity contribution in [2.24, 2.45) is 0 Å². The average molecular weight is 414 g/mol. The Bertz CT molecular complexity index is 1130. The van der Waals surface area contributed by atoms with Crippen LogP contribution in [0.1, 0.15) is 16.7 Å². The third kappa shape index (κ3) is 3.99. The standard InChI is InChI=1S/C23H16BrN3/c24-20-9-8-18-13-19(15-25)23(27-22(18)14-20)26-21-10-6-17(7-11-21)12-16-4-2-1-3-5-16/h1-11,13-14H,12H2,(H,26,27). The highest BCUT2D eigenvalue weighted by molar-refractivity contribution is 9.10. The third-order valence-corrected chi connectivity index (χ3v) is 4.86. The van der Waals surface area contributed by atoms with Crippen molar-refractivity contribution < 1.29 is 0 Å². The minimum absolute atomic E-state index is 0.526. The Morgan fingerprint density at radius 3 is 2.37 bits per heavy atom. The lowest BCUT2D eigenvalue weighted by Gasteiger charge is -2.10. The van der Waals surface area contributed by atoms with Crippen LogP contribution >= 0.6 is 15.9 Å². The van der Waals surface area contributed by atoms with Crippen molar-refractivity contribution in [2.75, 3.05) is 5.32 Å². The van der Waals surface area contributed by atoms with Crippen molar-refractivity contribution in [1.82, 2.24) is 4.98 Å². The molecule has 0 fully saturated rings. The van der Waals surface area contributed by atoms with E-state index in [-0.39, 0.29) is 0 Å². The molecule has 27 heavy (non-hydrogen) atoms. The first-order chi connectivity index (χ1) is 13.2. The Morgan fingerprint density at radius 1 is 0.889 bits per heavy atom. The number of halogens is 1. The minimum atomic E-state index is 0.526. The second kappa shape index (κ2) is 7.61. The van der Waals surface area contributed by atoms with Crippen LogP contribution in [0.4, 0.5) is 11.5 Å². The van der Waals surface area contributed by atoms with Gasteiger partial charge in [-0.15, -0.1) is 0 Å². The molecule has 4 heteroatoms. The molecular weight excluding hydrogens is 398 g/mol. The molecule has 0 radical (unpaired) electrons. The van der Waals surface area contributed by atoms with Gasteiger partial charge in [0.25, 0.3) is 0 Å². The Labute approximate surface area is 166 Å². The predicted octanol–water partition coefficient (Wildman–Crippen LogP) is 6.20. The van der Waals surface area contributed by atoms with Crippen LogP contribution in [0.15, 0.2) is 83.3 Å². The summed E-state index contributed by atoms with van der Waals surface area (Å²) in [5, 5.41) is 13.7. The molecule has 3 aromatic carbocycles. The van der Waals surface area contributed by atoms with Gasteiger partial charge in [-0.25, -0.2) is 4.98 Å². The molecule has 1 aromatic heterocycles. The number of nitrogens with one attached hydrogen (secondary N) is 1. The van der Waals surface area contributed by atoms with Crippen molar-refractivity contribution in [3.8, 4) is 6.07 Å². The fourth-order valence-corrected chi connectivity index (χ4v) is 3.34. The van der Waals surface area contributed by atoms with E-state index in [0.717, 1.165) is 27.5 Å². The van der Waals surface area contributed by atoms with Gasteiger partial charge in [0.15, 0.2) is 0 Å². The third-order valence-electron chi connectivity index (χ3n) is 4.37. The molecule has 1 N–H and O–H groups in total. The van der Waals surface area contributed by atoms with E-state index >= 15 is 0 Å². The van der Waals surface area contributed by atoms with Gasteiger partial charge in [-0.3, -0.25) is 0 Å². The van der Waals surface area contributed by atoms with E-state index in [0.29, 0.717) is 11.4 Å². The maximum absolute atomic E-state index is 9.48. The Kier molecular flexibility index (Phi) is 4.86. The number of nitriles is 1. The summed E-state index contributed by atoms with van der Waals surface area (Å²) in [6, 6.07) is 28.6. The highest BCUT2D eigenvalue weighted by Gasteiger charge is 2.08. The number of rotatable bonds is 4. The van der Waals surface area contributed by atoms with E-state index in [1.807, 2.05) is 42.5 Å². The number of fused-ring (bicyclic) bond motifs is 1. The molecular formula is C23H16BrN3. The van der Waals surface area contributed by atoms with Crippen LogP contribution in [0, 0.1) is 11.3 Å². The summed E-state index contributed by atoms with van der Waals surface area (Å²) in [7, 11) is 0. The molecule has 0 aliphatic carbocycles. The maximum atomic E-state index is 9.48. The van der Waals surface area contributed by atoms with Gasteiger partial charge < -0.3 is 5.32 Å². The number of hydrogen-bond acceptors (Lipinski definition) is 3. The number of benzene rings is 3. The lowest BCUT2D eigenvalue weighted by atomic mass is 10.0. The predicted molar refractivity (Wildman–Crippen MR) is 113 cm³/mol. The molecule has 4 aromatic rings. The van der Waals surface area contributed by atoms with E-state index in [1.165, 1.54) is 11.1 Å². The summed E-state index contributed by atoms with van der Waals surface area (Å²) < 4.78 is 0.962. The van der Waals surface area contributed by atoms with E-state index in [1.54, 1.807) is 0 Å². The second-order valence-corrected chi connectivity index (χ2v) is 7.23. The van der Waals surface area contributed by atoms with Crippen molar-refractivity contribution in [2.45, 2.75) is 6.42 Å². The number of pyridine rings is 1. The van der Waals surface area contributed by atoms with Crippen LogP contribution in [0.25, 0.3) is 10.9 Å². The number of hydrogen-bond donors (Lipinski definition) is 1. The molecule has 4 rings (SSSR count). The van der Waals surface area contributed by atoms with Gasteiger partial charge in [0.1, 0.15) is 11.9 Å². The van der Waals surface area contributed by atoms with Gasteiger partial charge in [-0.1, -0.05) is 64.5 Å². The van der Waals surface area contributed by atoms with Crippen molar-refractivity contribution in [1.29, 1.82) is 5.26 Å². The van der Waals surface area contributed by atoms with Gasteiger partial charge in [-0.2, -0.15) is 5.26 Å². The van der Waals surface area contributed by atoms with Crippen LogP contribution in [-0.2, 0) is 6.42 Å². The highest BCUT2D eigenvalue weighted by atomic mass is 79.9. The van der Waals surface area contributed by atoms with E-state index in [2.05, 4.69) is 68.7 Å². The number of nitrogens with zero attached hydrogens (tertiary/aromatic N) is 2. The molecule has 130 valence electrons. The SMILES string of the molecule is N#Cc1cc2ccc(Br)cc2nc1Nc1ccc(Cc2ccccc2)cc1. The van der Waals surface area contributed by atoms with Crippen LogP contribution in [0.2, 0.25) is 0 Å². The molecule has 0 saturated heterocycles. The molecule has 0 saturated carbocycles. The van der Waals surface area contributed by atoms with Gasteiger partial charge >= 0.3 is 0 Å². The van der Waals surface area contributed by atoms with Crippen LogP contribution in [-0.4, -0.2) is 4.98 Å². The monoisotopic (exact) mass is 413 g/mol. The first kappa shape index (κ1) is 17.3. The fraction of sp³-hybridized carbons (Fsp3) is 0.0435. The van der Waals surface area contributed by atoms with Crippen LogP contribution in [0.3, 0.4) is 0 Å². The first-order valence-corrected chi connectivity index (χ1v) is 9.41. The average Bonchev–Trinajstić information content (AvgIpc) is 2.70. The summed E-state index contributed by atoms with van der Waals surface area (Å²) in [5.74, 6) is 0.568. The summed E-state index contributed by atoms with van der Waals surface area (Å²) in [6.07, 6.45) is 0.896. The summed E-state index contributed by atoms with van der Waals surface area (Å²) in [6.45, 7) is 0. The Hall–Kier alpha value is -3.16. The van der Waals surface area contributed by atoms with E-state index < -0.39 is 0 Å². The van der Waals surface area contributed by atoms with Crippen molar-refractivity contribution >= 4 is 38.3 Å². The Balaban J connectivity index is 1.59. The lowest BCUT2D eigenvalue weighted by molar-refractivity contribution is 1.19. The second-order valence-electron chi connectivity index (χ2n) is 6.32. The minimum Gasteiger partial charge on any atom is -0.339 e. The van der Waals surface area contributed by atoms with E-state index in [4.69, 9.17) is 0 Å². The summed E-state index contributed by atoms with van der Waals surface area (Å²) in [5.41, 5.74) is 4.80. The van der Waals surface area contributed by atoms with Gasteiger partial charge in [0.2, 0.25) is 0 Å². The van der Waals surface area contributed by atoms with Crippen molar-refractivity contribution in [3.63, 3.8) is 0 Å². The summed E-state index contributed by atoms with van der Waals surface area (Å²) >= 11 is 3.47. The molecule has 0 spiro atoms. The first-order valence-electron chi connectivity index (χ1n) is 8.61. The van der Waals surface area contributed by atoms with Gasteiger partial charge in [0.05, 0.1) is 11.1 Å². The molecule has 3 nitrogen and oxygen atoms in total. The summed E-state index contributed by atoms with van der Waals surface area (Å²) in [4.78, 5) is 4.63. The molecule has 0 aliphatic rings. The highest BCUT2D eigenvalue weighted by Crippen LogP contribution is 2.25. The number of aromatic nitrogens is 1. The van der Waals surface area contributed by atoms with Gasteiger partial charge in [0, 0.05) is 15.5 Å². The van der Waals surface area contributed by atoms with Gasteiger partial charge in [-0.05, 0) is 47.9 Å². The zero-order chi connectivity index (χ0) is 18.6. The molecule has 0 unspecified atom stereocenters. The largest absolute Gasteiger partial charge is 0.339 e. The van der Waals surface area contributed by atoms with Crippen LogP contribution < -0.4 is 5.32 Å². The van der Waals surface area contributed by atoms with E-state index in [9.17, 15) is 5.26 Å². The smallest absolute Gasteiger partial charge is 0.149 e. The Morgan fingerprint density at radius 2 is 1.63 bits per heavy atom. The maximum Gasteiger partial charge on any atom is 0.149 e. The topological polar surface area (TPSA) is 48.7 Å². The fourth-order valence-electron chi connectivity index (χ4n) is 2.99. The zero-order valence-corrected chi connectivity index (χ0v) is 16.1. The number of anilines is 2. The molecule has 0 bridgehead atoms. The van der Waals surface area contributed by atoms with Crippen molar-refractivity contribution in [3.05, 3.63) is 100 Å². The zero-order valence-electron chi connectivity index (χ0n) is 14.5. The quantitative estimate of drug-likeness (QED) is 0.432. The lowest BCUT2D eigenvalue weighted by Crippen LogP contribution is -1.98. The molecule has 0 atom stereocenters. The molecule has 0 amide bonds. The normalized spacial score (nSPS) is 10.5. The van der Waals surface area contributed by atoms with Crippen LogP contribution in [0.5, 0.6) is 0 Å².